The van der Waals surface area contributed by atoms with E-state index in [0.29, 0.717) is 30.5 Å². The van der Waals surface area contributed by atoms with Gasteiger partial charge in [0.2, 0.25) is 10.0 Å². The van der Waals surface area contributed by atoms with E-state index in [1.54, 1.807) is 0 Å². The Morgan fingerprint density at radius 1 is 1.33 bits per heavy atom. The smallest absolute Gasteiger partial charge is 0.235 e. The Bertz CT molecular complexity index is 529. The molecule has 0 aliphatic carbocycles. The molecule has 1 aliphatic heterocycles. The molecular formula is C11H13BrFNO3S. The summed E-state index contributed by atoms with van der Waals surface area (Å²) in [5.41, 5.74) is 0.238. The van der Waals surface area contributed by atoms with Crippen molar-refractivity contribution in [2.24, 2.45) is 0 Å². The second-order valence-corrected chi connectivity index (χ2v) is 6.90. The van der Waals surface area contributed by atoms with Gasteiger partial charge >= 0.3 is 0 Å². The summed E-state index contributed by atoms with van der Waals surface area (Å²) in [7, 11) is -3.48. The maximum absolute atomic E-state index is 13.3. The normalized spacial score (nSPS) is 17.7. The Morgan fingerprint density at radius 3 is 2.61 bits per heavy atom. The van der Waals surface area contributed by atoms with Crippen LogP contribution in [0.4, 0.5) is 10.1 Å². The van der Waals surface area contributed by atoms with E-state index in [-0.39, 0.29) is 5.69 Å². The predicted octanol–water partition coefficient (Wildman–Crippen LogP) is 2.51. The van der Waals surface area contributed by atoms with E-state index in [9.17, 15) is 12.8 Å². The van der Waals surface area contributed by atoms with E-state index >= 15 is 0 Å². The van der Waals surface area contributed by atoms with Crippen LogP contribution in [0.5, 0.6) is 0 Å². The summed E-state index contributed by atoms with van der Waals surface area (Å²) < 4.78 is 45.2. The number of halogens is 2. The number of benzene rings is 1. The molecule has 2 rings (SSSR count). The quantitative estimate of drug-likeness (QED) is 0.921. The third kappa shape index (κ3) is 3.21. The summed E-state index contributed by atoms with van der Waals surface area (Å²) in [6.45, 7) is 0.889. The van der Waals surface area contributed by atoms with Gasteiger partial charge in [-0.25, -0.2) is 12.8 Å². The number of sulfonamides is 1. The van der Waals surface area contributed by atoms with Crippen LogP contribution in [-0.4, -0.2) is 26.9 Å². The van der Waals surface area contributed by atoms with Crippen molar-refractivity contribution in [3.8, 4) is 0 Å². The zero-order valence-corrected chi connectivity index (χ0v) is 11.9. The molecule has 0 saturated carbocycles. The fraction of sp³-hybridized carbons (Fsp3) is 0.455. The first-order chi connectivity index (χ1) is 8.49. The summed E-state index contributed by atoms with van der Waals surface area (Å²) in [6.07, 6.45) is 0.933. The maximum atomic E-state index is 13.3. The van der Waals surface area contributed by atoms with Crippen LogP contribution in [0, 0.1) is 5.82 Å². The van der Waals surface area contributed by atoms with Crippen molar-refractivity contribution in [3.05, 3.63) is 28.5 Å². The van der Waals surface area contributed by atoms with Crippen molar-refractivity contribution in [3.63, 3.8) is 0 Å². The lowest BCUT2D eigenvalue weighted by atomic mass is 10.2. The van der Waals surface area contributed by atoms with Gasteiger partial charge in [0.15, 0.2) is 0 Å². The van der Waals surface area contributed by atoms with E-state index in [1.165, 1.54) is 12.1 Å². The minimum Gasteiger partial charge on any atom is -0.381 e. The van der Waals surface area contributed by atoms with Crippen LogP contribution in [0.25, 0.3) is 0 Å². The lowest BCUT2D eigenvalue weighted by Crippen LogP contribution is -2.33. The molecule has 1 aromatic carbocycles. The molecule has 0 radical (unpaired) electrons. The van der Waals surface area contributed by atoms with Gasteiger partial charge in [0.05, 0.1) is 15.4 Å². The highest BCUT2D eigenvalue weighted by molar-refractivity contribution is 9.10. The van der Waals surface area contributed by atoms with E-state index in [0.717, 1.165) is 6.07 Å². The topological polar surface area (TPSA) is 55.4 Å². The molecule has 4 nitrogen and oxygen atoms in total. The molecule has 1 fully saturated rings. The third-order valence-corrected chi connectivity index (χ3v) is 5.30. The van der Waals surface area contributed by atoms with E-state index in [1.807, 2.05) is 0 Å². The predicted molar refractivity (Wildman–Crippen MR) is 70.5 cm³/mol. The Kier molecular flexibility index (Phi) is 4.24. The molecule has 1 aromatic rings. The summed E-state index contributed by atoms with van der Waals surface area (Å²) in [6, 6.07) is 4.14. The number of hydrogen-bond acceptors (Lipinski definition) is 3. The second kappa shape index (κ2) is 5.54. The molecule has 0 bridgehead atoms. The number of ether oxygens (including phenoxy) is 1. The first-order valence-corrected chi connectivity index (χ1v) is 7.87. The zero-order valence-electron chi connectivity index (χ0n) is 9.53. The lowest BCUT2D eigenvalue weighted by molar-refractivity contribution is 0.0984. The standard InChI is InChI=1S/C11H13BrFNO3S/c12-10-2-1-8(7-11(10)13)14-18(15,16)9-3-5-17-6-4-9/h1-2,7,9,14H,3-6H2. The molecule has 1 N–H and O–H groups in total. The summed E-state index contributed by atoms with van der Waals surface area (Å²) in [5.74, 6) is -0.498. The molecule has 0 aromatic heterocycles. The Labute approximate surface area is 114 Å². The van der Waals surface area contributed by atoms with Crippen molar-refractivity contribution in [1.82, 2.24) is 0 Å². The summed E-state index contributed by atoms with van der Waals surface area (Å²) >= 11 is 3.02. The third-order valence-electron chi connectivity index (χ3n) is 2.79. The monoisotopic (exact) mass is 337 g/mol. The minimum atomic E-state index is -3.48. The van der Waals surface area contributed by atoms with Crippen LogP contribution in [-0.2, 0) is 14.8 Å². The number of hydrogen-bond donors (Lipinski definition) is 1. The fourth-order valence-corrected chi connectivity index (χ4v) is 3.48. The molecule has 1 aliphatic rings. The molecule has 100 valence electrons. The van der Waals surface area contributed by atoms with Gasteiger partial charge in [-0.05, 0) is 47.0 Å². The molecule has 7 heteroatoms. The number of rotatable bonds is 3. The minimum absolute atomic E-state index is 0.238. The SMILES string of the molecule is O=S(=O)(Nc1ccc(Br)c(F)c1)C1CCOCC1. The van der Waals surface area contributed by atoms with Crippen LogP contribution in [0.1, 0.15) is 12.8 Å². The Balaban J connectivity index is 2.13. The van der Waals surface area contributed by atoms with E-state index in [4.69, 9.17) is 4.74 Å². The highest BCUT2D eigenvalue weighted by Crippen LogP contribution is 2.23. The van der Waals surface area contributed by atoms with Gasteiger partial charge in [-0.15, -0.1) is 0 Å². The first-order valence-electron chi connectivity index (χ1n) is 5.53. The molecule has 1 heterocycles. The molecule has 18 heavy (non-hydrogen) atoms. The van der Waals surface area contributed by atoms with Gasteiger partial charge in [0.1, 0.15) is 5.82 Å². The average molecular weight is 338 g/mol. The van der Waals surface area contributed by atoms with Gasteiger partial charge in [-0.3, -0.25) is 4.72 Å². The van der Waals surface area contributed by atoms with Crippen molar-refractivity contribution in [2.45, 2.75) is 18.1 Å². The first kappa shape index (κ1) is 13.8. The molecule has 0 amide bonds. The van der Waals surface area contributed by atoms with Gasteiger partial charge in [0.25, 0.3) is 0 Å². The Hall–Kier alpha value is -0.660. The molecule has 0 atom stereocenters. The molecule has 0 unspecified atom stereocenters. The van der Waals surface area contributed by atoms with Crippen molar-refractivity contribution < 1.29 is 17.5 Å². The van der Waals surface area contributed by atoms with E-state index in [2.05, 4.69) is 20.7 Å². The van der Waals surface area contributed by atoms with Crippen LogP contribution < -0.4 is 4.72 Å². The molecule has 1 saturated heterocycles. The highest BCUT2D eigenvalue weighted by Gasteiger charge is 2.27. The number of anilines is 1. The maximum Gasteiger partial charge on any atom is 0.235 e. The fourth-order valence-electron chi connectivity index (χ4n) is 1.79. The summed E-state index contributed by atoms with van der Waals surface area (Å²) in [5, 5.41) is -0.474. The highest BCUT2D eigenvalue weighted by atomic mass is 79.9. The summed E-state index contributed by atoms with van der Waals surface area (Å²) in [4.78, 5) is 0. The van der Waals surface area contributed by atoms with Gasteiger partial charge < -0.3 is 4.74 Å². The number of nitrogens with one attached hydrogen (secondary N) is 1. The zero-order chi connectivity index (χ0) is 13.2. The van der Waals surface area contributed by atoms with Crippen LogP contribution in [0.3, 0.4) is 0 Å². The van der Waals surface area contributed by atoms with E-state index < -0.39 is 21.1 Å². The van der Waals surface area contributed by atoms with Crippen molar-refractivity contribution in [2.75, 3.05) is 17.9 Å². The van der Waals surface area contributed by atoms with Gasteiger partial charge in [-0.1, -0.05) is 0 Å². The lowest BCUT2D eigenvalue weighted by Gasteiger charge is -2.22. The average Bonchev–Trinajstić information content (AvgIpc) is 2.35. The molecular weight excluding hydrogens is 325 g/mol. The van der Waals surface area contributed by atoms with Gasteiger partial charge in [0, 0.05) is 13.2 Å². The van der Waals surface area contributed by atoms with Gasteiger partial charge in [-0.2, -0.15) is 0 Å². The van der Waals surface area contributed by atoms with Crippen molar-refractivity contribution in [1.29, 1.82) is 0 Å². The van der Waals surface area contributed by atoms with Crippen molar-refractivity contribution >= 4 is 31.6 Å². The van der Waals surface area contributed by atoms with Crippen LogP contribution >= 0.6 is 15.9 Å². The largest absolute Gasteiger partial charge is 0.381 e. The Morgan fingerprint density at radius 2 is 2.00 bits per heavy atom. The van der Waals surface area contributed by atoms with Crippen LogP contribution in [0.15, 0.2) is 22.7 Å². The second-order valence-electron chi connectivity index (χ2n) is 4.09. The molecule has 0 spiro atoms. The van der Waals surface area contributed by atoms with Crippen LogP contribution in [0.2, 0.25) is 0 Å².